The predicted octanol–water partition coefficient (Wildman–Crippen LogP) is 3.16. The van der Waals surface area contributed by atoms with Crippen molar-refractivity contribution in [1.29, 1.82) is 0 Å². The van der Waals surface area contributed by atoms with Crippen LogP contribution in [0, 0.1) is 0 Å². The van der Waals surface area contributed by atoms with Crippen LogP contribution in [0.2, 0.25) is 0 Å². The molecule has 1 fully saturated rings. The predicted molar refractivity (Wildman–Crippen MR) is 64.8 cm³/mol. The fourth-order valence-corrected chi connectivity index (χ4v) is 2.35. The van der Waals surface area contributed by atoms with Gasteiger partial charge in [-0.05, 0) is 31.7 Å². The van der Waals surface area contributed by atoms with Gasteiger partial charge in [-0.3, -0.25) is 4.79 Å². The van der Waals surface area contributed by atoms with Gasteiger partial charge in [-0.15, -0.1) is 0 Å². The third-order valence-corrected chi connectivity index (χ3v) is 3.43. The van der Waals surface area contributed by atoms with Gasteiger partial charge in [0.05, 0.1) is 18.1 Å². The number of carbonyl (C=O) groups is 1. The fraction of sp³-hybridized carbons (Fsp3) is 0.500. The molecule has 1 unspecified atom stereocenters. The highest BCUT2D eigenvalue weighted by Crippen LogP contribution is 2.42. The third kappa shape index (κ3) is 2.86. The number of carboxylic acids is 1. The summed E-state index contributed by atoms with van der Waals surface area (Å²) in [5.41, 5.74) is 0.672. The van der Waals surface area contributed by atoms with E-state index in [-0.39, 0.29) is 12.5 Å². The standard InChI is InChI=1S/C14H18O3/c1-11(12-6-3-2-4-7-12)17-14(8-5-9-14)10-13(15)16/h2-4,6-7,11H,5,8-10H2,1H3,(H,15,16). The average molecular weight is 234 g/mol. The molecule has 1 aliphatic carbocycles. The van der Waals surface area contributed by atoms with Crippen molar-refractivity contribution >= 4 is 5.97 Å². The van der Waals surface area contributed by atoms with Gasteiger partial charge in [0, 0.05) is 0 Å². The quantitative estimate of drug-likeness (QED) is 0.851. The Balaban J connectivity index is 2.02. The van der Waals surface area contributed by atoms with Gasteiger partial charge >= 0.3 is 5.97 Å². The SMILES string of the molecule is CC(OC1(CC(=O)O)CCC1)c1ccccc1. The number of hydrogen-bond acceptors (Lipinski definition) is 2. The fourth-order valence-electron chi connectivity index (χ4n) is 2.35. The largest absolute Gasteiger partial charge is 0.481 e. The normalized spacial score (nSPS) is 19.4. The molecule has 1 saturated carbocycles. The lowest BCUT2D eigenvalue weighted by atomic mass is 9.77. The van der Waals surface area contributed by atoms with Crippen LogP contribution in [0.15, 0.2) is 30.3 Å². The smallest absolute Gasteiger partial charge is 0.306 e. The van der Waals surface area contributed by atoms with Crippen LogP contribution >= 0.6 is 0 Å². The van der Waals surface area contributed by atoms with Gasteiger partial charge < -0.3 is 9.84 Å². The maximum atomic E-state index is 10.8. The van der Waals surface area contributed by atoms with E-state index in [1.54, 1.807) is 0 Å². The molecule has 3 heteroatoms. The Labute approximate surface area is 101 Å². The summed E-state index contributed by atoms with van der Waals surface area (Å²) in [5.74, 6) is -0.773. The third-order valence-electron chi connectivity index (χ3n) is 3.43. The van der Waals surface area contributed by atoms with Gasteiger partial charge in [0.15, 0.2) is 0 Å². The summed E-state index contributed by atoms with van der Waals surface area (Å²) in [6, 6.07) is 9.93. The average Bonchev–Trinajstić information content (AvgIpc) is 2.26. The lowest BCUT2D eigenvalue weighted by molar-refractivity contribution is -0.165. The number of rotatable bonds is 5. The molecule has 0 heterocycles. The molecule has 1 aromatic carbocycles. The van der Waals surface area contributed by atoms with Crippen LogP contribution in [-0.2, 0) is 9.53 Å². The molecule has 1 aliphatic rings. The van der Waals surface area contributed by atoms with E-state index in [2.05, 4.69) is 0 Å². The van der Waals surface area contributed by atoms with E-state index in [4.69, 9.17) is 9.84 Å². The topological polar surface area (TPSA) is 46.5 Å². The minimum Gasteiger partial charge on any atom is -0.481 e. The van der Waals surface area contributed by atoms with Gasteiger partial charge in [0.25, 0.3) is 0 Å². The number of carboxylic acid groups (broad SMARTS) is 1. The summed E-state index contributed by atoms with van der Waals surface area (Å²) in [7, 11) is 0. The molecule has 0 saturated heterocycles. The lowest BCUT2D eigenvalue weighted by Gasteiger charge is -2.42. The Bertz CT molecular complexity index is 382. The zero-order valence-electron chi connectivity index (χ0n) is 10.1. The molecule has 17 heavy (non-hydrogen) atoms. The van der Waals surface area contributed by atoms with Gasteiger partial charge in [-0.1, -0.05) is 30.3 Å². The molecule has 3 nitrogen and oxygen atoms in total. The molecular formula is C14H18O3. The summed E-state index contributed by atoms with van der Waals surface area (Å²) in [6.07, 6.45) is 2.85. The number of ether oxygens (including phenoxy) is 1. The first kappa shape index (κ1) is 12.1. The van der Waals surface area contributed by atoms with Crippen LogP contribution < -0.4 is 0 Å². The maximum absolute atomic E-state index is 10.8. The first-order chi connectivity index (χ1) is 8.11. The second kappa shape index (κ2) is 4.88. The van der Waals surface area contributed by atoms with Gasteiger partial charge in [0.2, 0.25) is 0 Å². The molecule has 0 radical (unpaired) electrons. The molecule has 0 aliphatic heterocycles. The molecule has 1 atom stereocenters. The van der Waals surface area contributed by atoms with Gasteiger partial charge in [-0.2, -0.15) is 0 Å². The van der Waals surface area contributed by atoms with Crippen LogP contribution in [0.3, 0.4) is 0 Å². The van der Waals surface area contributed by atoms with Crippen molar-refractivity contribution < 1.29 is 14.6 Å². The molecule has 0 spiro atoms. The molecule has 92 valence electrons. The van der Waals surface area contributed by atoms with E-state index < -0.39 is 11.6 Å². The van der Waals surface area contributed by atoms with Crippen molar-refractivity contribution in [2.24, 2.45) is 0 Å². The Morgan fingerprint density at radius 2 is 2.06 bits per heavy atom. The van der Waals surface area contributed by atoms with Crippen molar-refractivity contribution in [1.82, 2.24) is 0 Å². The summed E-state index contributed by atoms with van der Waals surface area (Å²) < 4.78 is 5.99. The maximum Gasteiger partial charge on any atom is 0.306 e. The molecule has 0 amide bonds. The van der Waals surface area contributed by atoms with Crippen LogP contribution in [0.1, 0.15) is 44.3 Å². The molecule has 0 aromatic heterocycles. The Morgan fingerprint density at radius 1 is 1.41 bits per heavy atom. The summed E-state index contributed by atoms with van der Waals surface area (Å²) >= 11 is 0. The van der Waals surface area contributed by atoms with Crippen molar-refractivity contribution in [3.05, 3.63) is 35.9 Å². The summed E-state index contributed by atoms with van der Waals surface area (Å²) in [4.78, 5) is 10.8. The zero-order valence-corrected chi connectivity index (χ0v) is 10.1. The van der Waals surface area contributed by atoms with Gasteiger partial charge in [-0.25, -0.2) is 0 Å². The monoisotopic (exact) mass is 234 g/mol. The van der Waals surface area contributed by atoms with Gasteiger partial charge in [0.1, 0.15) is 0 Å². The molecule has 2 rings (SSSR count). The second-order valence-electron chi connectivity index (χ2n) is 4.78. The number of hydrogen-bond donors (Lipinski definition) is 1. The first-order valence-corrected chi connectivity index (χ1v) is 6.06. The van der Waals surface area contributed by atoms with Crippen LogP contribution in [-0.4, -0.2) is 16.7 Å². The van der Waals surface area contributed by atoms with Crippen LogP contribution in [0.25, 0.3) is 0 Å². The van der Waals surface area contributed by atoms with E-state index in [1.807, 2.05) is 37.3 Å². The van der Waals surface area contributed by atoms with Crippen LogP contribution in [0.4, 0.5) is 0 Å². The highest BCUT2D eigenvalue weighted by Gasteiger charge is 2.41. The Morgan fingerprint density at radius 3 is 2.53 bits per heavy atom. The van der Waals surface area contributed by atoms with Crippen LogP contribution in [0.5, 0.6) is 0 Å². The molecule has 1 aromatic rings. The van der Waals surface area contributed by atoms with Crippen molar-refractivity contribution in [3.63, 3.8) is 0 Å². The minimum atomic E-state index is -0.773. The van der Waals surface area contributed by atoms with Crippen molar-refractivity contribution in [2.45, 2.75) is 44.3 Å². The molecule has 1 N–H and O–H groups in total. The van der Waals surface area contributed by atoms with E-state index in [9.17, 15) is 4.79 Å². The van der Waals surface area contributed by atoms with E-state index in [0.717, 1.165) is 24.8 Å². The number of aliphatic carboxylic acids is 1. The summed E-state index contributed by atoms with van der Waals surface area (Å²) in [6.45, 7) is 1.98. The Hall–Kier alpha value is -1.35. The minimum absolute atomic E-state index is 0.0455. The first-order valence-electron chi connectivity index (χ1n) is 6.06. The van der Waals surface area contributed by atoms with E-state index >= 15 is 0 Å². The lowest BCUT2D eigenvalue weighted by Crippen LogP contribution is -2.42. The molecular weight excluding hydrogens is 216 g/mol. The van der Waals surface area contributed by atoms with E-state index in [0.29, 0.717) is 0 Å². The zero-order chi connectivity index (χ0) is 12.3. The summed E-state index contributed by atoms with van der Waals surface area (Å²) in [5, 5.41) is 8.92. The second-order valence-corrected chi connectivity index (χ2v) is 4.78. The number of benzene rings is 1. The highest BCUT2D eigenvalue weighted by atomic mass is 16.5. The van der Waals surface area contributed by atoms with E-state index in [1.165, 1.54) is 0 Å². The Kier molecular flexibility index (Phi) is 3.48. The highest BCUT2D eigenvalue weighted by molar-refractivity contribution is 5.68. The molecule has 0 bridgehead atoms. The van der Waals surface area contributed by atoms with Crippen molar-refractivity contribution in [2.75, 3.05) is 0 Å². The van der Waals surface area contributed by atoms with Crippen molar-refractivity contribution in [3.8, 4) is 0 Å².